The standard InChI is InChI=1S/C15H14ClFN2O3/c16-11-7-9(1-2-12(11)17)19-14(21)8-13(15(19)22)18-5-3-10(20)4-6-18/h1-2,7,13H,3-6,8H2. The molecular formula is C15H14ClFN2O3. The molecule has 5 nitrogen and oxygen atoms in total. The van der Waals surface area contributed by atoms with Crippen LogP contribution in [-0.4, -0.2) is 41.6 Å². The molecule has 0 N–H and O–H groups in total. The quantitative estimate of drug-likeness (QED) is 0.778. The van der Waals surface area contributed by atoms with Gasteiger partial charge in [0.15, 0.2) is 0 Å². The van der Waals surface area contributed by atoms with Gasteiger partial charge >= 0.3 is 0 Å². The van der Waals surface area contributed by atoms with Crippen LogP contribution in [-0.2, 0) is 14.4 Å². The van der Waals surface area contributed by atoms with Gasteiger partial charge in [-0.3, -0.25) is 19.3 Å². The molecule has 0 saturated carbocycles. The van der Waals surface area contributed by atoms with Crippen LogP contribution < -0.4 is 4.90 Å². The minimum absolute atomic E-state index is 0.0714. The maximum atomic E-state index is 13.2. The molecule has 3 rings (SSSR count). The number of ketones is 1. The molecule has 0 aliphatic carbocycles. The van der Waals surface area contributed by atoms with E-state index < -0.39 is 11.9 Å². The summed E-state index contributed by atoms with van der Waals surface area (Å²) in [5, 5.41) is -0.134. The molecule has 2 amide bonds. The fourth-order valence-electron chi connectivity index (χ4n) is 2.88. The molecule has 0 spiro atoms. The number of carbonyl (C=O) groups excluding carboxylic acids is 3. The number of hydrogen-bond donors (Lipinski definition) is 0. The van der Waals surface area contributed by atoms with E-state index in [-0.39, 0.29) is 34.7 Å². The van der Waals surface area contributed by atoms with E-state index in [0.29, 0.717) is 25.9 Å². The van der Waals surface area contributed by atoms with Gasteiger partial charge in [-0.15, -0.1) is 0 Å². The highest BCUT2D eigenvalue weighted by atomic mass is 35.5. The van der Waals surface area contributed by atoms with E-state index >= 15 is 0 Å². The van der Waals surface area contributed by atoms with Gasteiger partial charge in [0.1, 0.15) is 11.6 Å². The van der Waals surface area contributed by atoms with Crippen LogP contribution in [0.5, 0.6) is 0 Å². The Labute approximate surface area is 131 Å². The molecule has 1 unspecified atom stereocenters. The number of likely N-dealkylation sites (tertiary alicyclic amines) is 1. The van der Waals surface area contributed by atoms with Gasteiger partial charge in [0, 0.05) is 25.9 Å². The summed E-state index contributed by atoms with van der Waals surface area (Å²) < 4.78 is 13.2. The van der Waals surface area contributed by atoms with Crippen LogP contribution in [0.4, 0.5) is 10.1 Å². The fraction of sp³-hybridized carbons (Fsp3) is 0.400. The lowest BCUT2D eigenvalue weighted by Gasteiger charge is -2.29. The van der Waals surface area contributed by atoms with Crippen LogP contribution in [0, 0.1) is 5.82 Å². The number of imide groups is 1. The van der Waals surface area contributed by atoms with Crippen molar-refractivity contribution in [3.8, 4) is 0 Å². The van der Waals surface area contributed by atoms with Gasteiger partial charge in [0.05, 0.1) is 23.2 Å². The predicted molar refractivity (Wildman–Crippen MR) is 78.1 cm³/mol. The van der Waals surface area contributed by atoms with Crippen molar-refractivity contribution < 1.29 is 18.8 Å². The zero-order valence-corrected chi connectivity index (χ0v) is 12.5. The predicted octanol–water partition coefficient (Wildman–Crippen LogP) is 1.78. The summed E-state index contributed by atoms with van der Waals surface area (Å²) in [5.74, 6) is -1.11. The lowest BCUT2D eigenvalue weighted by atomic mass is 10.1. The number of hydrogen-bond acceptors (Lipinski definition) is 4. The average Bonchev–Trinajstić information content (AvgIpc) is 2.78. The first-order valence-electron chi connectivity index (χ1n) is 7.05. The highest BCUT2D eigenvalue weighted by Crippen LogP contribution is 2.29. The molecule has 22 heavy (non-hydrogen) atoms. The minimum atomic E-state index is -0.601. The van der Waals surface area contributed by atoms with E-state index in [2.05, 4.69) is 0 Å². The average molecular weight is 325 g/mol. The number of amides is 2. The van der Waals surface area contributed by atoms with Gasteiger partial charge < -0.3 is 0 Å². The maximum absolute atomic E-state index is 13.2. The third kappa shape index (κ3) is 2.64. The molecule has 0 aromatic heterocycles. The van der Waals surface area contributed by atoms with Crippen LogP contribution in [0.25, 0.3) is 0 Å². The molecule has 2 fully saturated rings. The van der Waals surface area contributed by atoms with Crippen LogP contribution in [0.2, 0.25) is 5.02 Å². The van der Waals surface area contributed by atoms with Gasteiger partial charge in [-0.25, -0.2) is 9.29 Å². The lowest BCUT2D eigenvalue weighted by Crippen LogP contribution is -2.46. The van der Waals surface area contributed by atoms with Crippen LogP contribution >= 0.6 is 11.6 Å². The summed E-state index contributed by atoms with van der Waals surface area (Å²) >= 11 is 5.72. The van der Waals surface area contributed by atoms with Gasteiger partial charge in [-0.1, -0.05) is 11.6 Å². The molecule has 2 saturated heterocycles. The number of halogens is 2. The van der Waals surface area contributed by atoms with E-state index in [4.69, 9.17) is 11.6 Å². The summed E-state index contributed by atoms with van der Waals surface area (Å²) in [6.45, 7) is 0.973. The van der Waals surface area contributed by atoms with E-state index in [1.165, 1.54) is 12.1 Å². The van der Waals surface area contributed by atoms with Crippen LogP contribution in [0.15, 0.2) is 18.2 Å². The number of carbonyl (C=O) groups is 3. The van der Waals surface area contributed by atoms with Crippen molar-refractivity contribution in [2.75, 3.05) is 18.0 Å². The zero-order chi connectivity index (χ0) is 15.9. The first-order chi connectivity index (χ1) is 10.5. The Balaban J connectivity index is 1.82. The summed E-state index contributed by atoms with van der Waals surface area (Å²) in [5.41, 5.74) is 0.275. The smallest absolute Gasteiger partial charge is 0.251 e. The Bertz CT molecular complexity index is 654. The summed E-state index contributed by atoms with van der Waals surface area (Å²) in [7, 11) is 0. The van der Waals surface area contributed by atoms with E-state index in [1.54, 1.807) is 0 Å². The Kier molecular flexibility index (Phi) is 3.97. The van der Waals surface area contributed by atoms with Gasteiger partial charge in [0.25, 0.3) is 5.91 Å². The molecule has 116 valence electrons. The highest BCUT2D eigenvalue weighted by molar-refractivity contribution is 6.31. The van der Waals surface area contributed by atoms with Crippen molar-refractivity contribution >= 4 is 34.9 Å². The molecule has 7 heteroatoms. The second-order valence-electron chi connectivity index (χ2n) is 5.46. The molecule has 1 atom stereocenters. The lowest BCUT2D eigenvalue weighted by molar-refractivity contribution is -0.127. The minimum Gasteiger partial charge on any atom is -0.300 e. The highest BCUT2D eigenvalue weighted by Gasteiger charge is 2.43. The molecule has 2 aliphatic rings. The molecule has 2 aliphatic heterocycles. The van der Waals surface area contributed by atoms with Gasteiger partial charge in [-0.05, 0) is 18.2 Å². The number of rotatable bonds is 2. The fourth-order valence-corrected chi connectivity index (χ4v) is 3.06. The summed E-state index contributed by atoms with van der Waals surface area (Å²) in [6.07, 6.45) is 0.878. The zero-order valence-electron chi connectivity index (χ0n) is 11.7. The number of benzene rings is 1. The number of Topliss-reactive ketones (excluding diaryl/α,β-unsaturated/α-hetero) is 1. The maximum Gasteiger partial charge on any atom is 0.251 e. The molecular weight excluding hydrogens is 311 g/mol. The van der Waals surface area contributed by atoms with Crippen molar-refractivity contribution in [3.63, 3.8) is 0 Å². The van der Waals surface area contributed by atoms with Crippen molar-refractivity contribution in [1.82, 2.24) is 4.90 Å². The molecule has 1 aromatic rings. The number of nitrogens with zero attached hydrogens (tertiary/aromatic N) is 2. The molecule has 0 radical (unpaired) electrons. The topological polar surface area (TPSA) is 57.7 Å². The molecule has 0 bridgehead atoms. The van der Waals surface area contributed by atoms with Crippen molar-refractivity contribution in [3.05, 3.63) is 29.0 Å². The van der Waals surface area contributed by atoms with E-state index in [9.17, 15) is 18.8 Å². The normalized spacial score (nSPS) is 23.5. The third-order valence-corrected chi connectivity index (χ3v) is 4.37. The molecule has 2 heterocycles. The second kappa shape index (κ2) is 5.78. The monoisotopic (exact) mass is 324 g/mol. The first kappa shape index (κ1) is 15.1. The first-order valence-corrected chi connectivity index (χ1v) is 7.43. The Morgan fingerprint density at radius 1 is 1.14 bits per heavy atom. The van der Waals surface area contributed by atoms with Crippen molar-refractivity contribution in [1.29, 1.82) is 0 Å². The van der Waals surface area contributed by atoms with Gasteiger partial charge in [-0.2, -0.15) is 0 Å². The molecule has 1 aromatic carbocycles. The van der Waals surface area contributed by atoms with E-state index in [0.717, 1.165) is 11.0 Å². The van der Waals surface area contributed by atoms with Crippen molar-refractivity contribution in [2.24, 2.45) is 0 Å². The van der Waals surface area contributed by atoms with Crippen LogP contribution in [0.3, 0.4) is 0 Å². The SMILES string of the molecule is O=C1CCN(C2CC(=O)N(c3ccc(F)c(Cl)c3)C2=O)CC1. The number of piperidine rings is 1. The summed E-state index contributed by atoms with van der Waals surface area (Å²) in [4.78, 5) is 38.9. The number of anilines is 1. The Morgan fingerprint density at radius 2 is 1.82 bits per heavy atom. The largest absolute Gasteiger partial charge is 0.300 e. The Morgan fingerprint density at radius 3 is 2.45 bits per heavy atom. The van der Waals surface area contributed by atoms with Gasteiger partial charge in [0.2, 0.25) is 5.91 Å². The van der Waals surface area contributed by atoms with Crippen LogP contribution in [0.1, 0.15) is 19.3 Å². The van der Waals surface area contributed by atoms with Crippen molar-refractivity contribution in [2.45, 2.75) is 25.3 Å². The Hall–Kier alpha value is -1.79. The van der Waals surface area contributed by atoms with E-state index in [1.807, 2.05) is 4.90 Å². The summed E-state index contributed by atoms with van der Waals surface area (Å²) in [6, 6.07) is 3.21. The second-order valence-corrected chi connectivity index (χ2v) is 5.87. The third-order valence-electron chi connectivity index (χ3n) is 4.08.